The van der Waals surface area contributed by atoms with Gasteiger partial charge in [-0.15, -0.1) is 0 Å². The van der Waals surface area contributed by atoms with Crippen molar-refractivity contribution in [1.29, 1.82) is 0 Å². The Kier molecular flexibility index (Phi) is 5.58. The van der Waals surface area contributed by atoms with Crippen molar-refractivity contribution in [2.24, 2.45) is 0 Å². The Balaban J connectivity index is 1.47. The molecule has 0 aromatic heterocycles. The Morgan fingerprint density at radius 3 is 2.22 bits per heavy atom. The molecule has 1 saturated heterocycles. The summed E-state index contributed by atoms with van der Waals surface area (Å²) in [6, 6.07) is 19.6. The van der Waals surface area contributed by atoms with Crippen LogP contribution in [0.15, 0.2) is 54.6 Å². The molecule has 2 aromatic rings. The first-order valence-electron chi connectivity index (χ1n) is 8.51. The zero-order chi connectivity index (χ0) is 16.1. The minimum atomic E-state index is 0.641. The molecule has 3 heteroatoms. The van der Waals surface area contributed by atoms with Crippen LogP contribution in [0, 0.1) is 0 Å². The Hall–Kier alpha value is -1.51. The van der Waals surface area contributed by atoms with E-state index in [9.17, 15) is 0 Å². The molecule has 122 valence electrons. The molecule has 1 atom stereocenters. The van der Waals surface area contributed by atoms with E-state index < -0.39 is 0 Å². The van der Waals surface area contributed by atoms with Gasteiger partial charge in [-0.3, -0.25) is 4.90 Å². The fraction of sp³-hybridized carbons (Fsp3) is 0.400. The summed E-state index contributed by atoms with van der Waals surface area (Å²) in [7, 11) is 0. The van der Waals surface area contributed by atoms with Gasteiger partial charge in [0.25, 0.3) is 0 Å². The van der Waals surface area contributed by atoms with Crippen molar-refractivity contribution in [3.8, 4) is 0 Å². The lowest BCUT2D eigenvalue weighted by Gasteiger charge is -2.39. The van der Waals surface area contributed by atoms with Gasteiger partial charge in [-0.25, -0.2) is 0 Å². The summed E-state index contributed by atoms with van der Waals surface area (Å²) in [4.78, 5) is 5.08. The van der Waals surface area contributed by atoms with Crippen molar-refractivity contribution in [3.05, 3.63) is 65.2 Å². The molecule has 0 radical (unpaired) electrons. The van der Waals surface area contributed by atoms with Crippen molar-refractivity contribution in [3.63, 3.8) is 0 Å². The van der Waals surface area contributed by atoms with E-state index in [0.717, 1.165) is 31.2 Å². The third-order valence-corrected chi connectivity index (χ3v) is 5.07. The van der Waals surface area contributed by atoms with Crippen LogP contribution in [0.2, 0.25) is 5.02 Å². The number of hydrogen-bond acceptors (Lipinski definition) is 2. The topological polar surface area (TPSA) is 6.48 Å². The minimum absolute atomic E-state index is 0.641. The van der Waals surface area contributed by atoms with Crippen LogP contribution < -0.4 is 4.90 Å². The van der Waals surface area contributed by atoms with Crippen LogP contribution >= 0.6 is 11.6 Å². The van der Waals surface area contributed by atoms with E-state index in [1.165, 1.54) is 24.1 Å². The first-order chi connectivity index (χ1) is 11.2. The van der Waals surface area contributed by atoms with Crippen LogP contribution in [0.5, 0.6) is 0 Å². The van der Waals surface area contributed by atoms with Gasteiger partial charge >= 0.3 is 0 Å². The summed E-state index contributed by atoms with van der Waals surface area (Å²) in [6.07, 6.45) is 2.39. The number of piperazine rings is 1. The zero-order valence-electron chi connectivity index (χ0n) is 13.8. The summed E-state index contributed by atoms with van der Waals surface area (Å²) in [5.74, 6) is 0. The van der Waals surface area contributed by atoms with Crippen molar-refractivity contribution < 1.29 is 0 Å². The summed E-state index contributed by atoms with van der Waals surface area (Å²) in [6.45, 7) is 6.83. The van der Waals surface area contributed by atoms with Gasteiger partial charge in [-0.2, -0.15) is 0 Å². The van der Waals surface area contributed by atoms with E-state index in [0.29, 0.717) is 6.04 Å². The van der Waals surface area contributed by atoms with Crippen LogP contribution in [0.25, 0.3) is 0 Å². The first kappa shape index (κ1) is 16.4. The molecule has 0 amide bonds. The number of hydrogen-bond donors (Lipinski definition) is 0. The van der Waals surface area contributed by atoms with Crippen LogP contribution in [-0.4, -0.2) is 37.1 Å². The number of rotatable bonds is 5. The lowest BCUT2D eigenvalue weighted by atomic mass is 10.0. The third-order valence-electron chi connectivity index (χ3n) is 4.82. The molecule has 2 nitrogen and oxygen atoms in total. The van der Waals surface area contributed by atoms with Gasteiger partial charge in [0.1, 0.15) is 0 Å². The molecule has 1 aliphatic heterocycles. The standard InChI is InChI=1S/C20H25ClN2/c1-17(7-8-18-5-3-2-4-6-18)22-13-15-23(16-14-22)20-11-9-19(21)10-12-20/h2-6,9-12,17H,7-8,13-16H2,1H3. The van der Waals surface area contributed by atoms with Gasteiger partial charge in [0.2, 0.25) is 0 Å². The van der Waals surface area contributed by atoms with Crippen LogP contribution in [0.3, 0.4) is 0 Å². The Labute approximate surface area is 144 Å². The van der Waals surface area contributed by atoms with Gasteiger partial charge in [-0.05, 0) is 49.6 Å². The van der Waals surface area contributed by atoms with E-state index >= 15 is 0 Å². The molecule has 3 rings (SSSR count). The highest BCUT2D eigenvalue weighted by atomic mass is 35.5. The second kappa shape index (κ2) is 7.85. The molecule has 1 heterocycles. The maximum absolute atomic E-state index is 5.97. The Morgan fingerprint density at radius 1 is 0.913 bits per heavy atom. The summed E-state index contributed by atoms with van der Waals surface area (Å²) < 4.78 is 0. The minimum Gasteiger partial charge on any atom is -0.369 e. The number of nitrogens with zero attached hydrogens (tertiary/aromatic N) is 2. The molecule has 0 spiro atoms. The molecular weight excluding hydrogens is 304 g/mol. The van der Waals surface area contributed by atoms with E-state index in [2.05, 4.69) is 59.2 Å². The van der Waals surface area contributed by atoms with Gasteiger partial charge in [0.05, 0.1) is 0 Å². The predicted molar refractivity (Wildman–Crippen MR) is 99.5 cm³/mol. The molecule has 0 saturated carbocycles. The van der Waals surface area contributed by atoms with E-state index in [1.807, 2.05) is 12.1 Å². The monoisotopic (exact) mass is 328 g/mol. The van der Waals surface area contributed by atoms with Crippen molar-refractivity contribution in [1.82, 2.24) is 4.90 Å². The van der Waals surface area contributed by atoms with E-state index in [1.54, 1.807) is 0 Å². The van der Waals surface area contributed by atoms with Crippen LogP contribution in [-0.2, 0) is 6.42 Å². The summed E-state index contributed by atoms with van der Waals surface area (Å²) in [5, 5.41) is 0.807. The van der Waals surface area contributed by atoms with Gasteiger partial charge in [0, 0.05) is 42.9 Å². The van der Waals surface area contributed by atoms with Crippen LogP contribution in [0.1, 0.15) is 18.9 Å². The van der Waals surface area contributed by atoms with Crippen molar-refractivity contribution in [2.45, 2.75) is 25.8 Å². The largest absolute Gasteiger partial charge is 0.369 e. The highest BCUT2D eigenvalue weighted by molar-refractivity contribution is 6.30. The van der Waals surface area contributed by atoms with E-state index in [-0.39, 0.29) is 0 Å². The summed E-state index contributed by atoms with van der Waals surface area (Å²) >= 11 is 5.97. The SMILES string of the molecule is CC(CCc1ccccc1)N1CCN(c2ccc(Cl)cc2)CC1. The lowest BCUT2D eigenvalue weighted by Crippen LogP contribution is -2.49. The molecule has 1 aliphatic rings. The molecule has 0 N–H and O–H groups in total. The molecule has 23 heavy (non-hydrogen) atoms. The second-order valence-corrected chi connectivity index (χ2v) is 6.81. The fourth-order valence-electron chi connectivity index (χ4n) is 3.28. The summed E-state index contributed by atoms with van der Waals surface area (Å²) in [5.41, 5.74) is 2.73. The fourth-order valence-corrected chi connectivity index (χ4v) is 3.40. The Morgan fingerprint density at radius 2 is 1.57 bits per heavy atom. The van der Waals surface area contributed by atoms with Crippen molar-refractivity contribution in [2.75, 3.05) is 31.1 Å². The zero-order valence-corrected chi connectivity index (χ0v) is 14.5. The normalized spacial score (nSPS) is 17.2. The van der Waals surface area contributed by atoms with Gasteiger partial charge in [0.15, 0.2) is 0 Å². The number of benzene rings is 2. The number of halogens is 1. The molecule has 0 bridgehead atoms. The number of aryl methyl sites for hydroxylation is 1. The smallest absolute Gasteiger partial charge is 0.0407 e. The van der Waals surface area contributed by atoms with E-state index in [4.69, 9.17) is 11.6 Å². The molecule has 2 aromatic carbocycles. The van der Waals surface area contributed by atoms with Crippen molar-refractivity contribution >= 4 is 17.3 Å². The third kappa shape index (κ3) is 4.49. The van der Waals surface area contributed by atoms with Gasteiger partial charge in [-0.1, -0.05) is 41.9 Å². The average Bonchev–Trinajstić information content (AvgIpc) is 2.61. The first-order valence-corrected chi connectivity index (χ1v) is 8.88. The molecule has 1 fully saturated rings. The predicted octanol–water partition coefficient (Wildman–Crippen LogP) is 4.48. The lowest BCUT2D eigenvalue weighted by molar-refractivity contribution is 0.189. The highest BCUT2D eigenvalue weighted by Crippen LogP contribution is 2.20. The highest BCUT2D eigenvalue weighted by Gasteiger charge is 2.21. The number of anilines is 1. The Bertz CT molecular complexity index is 589. The molecule has 0 aliphatic carbocycles. The maximum atomic E-state index is 5.97. The quantitative estimate of drug-likeness (QED) is 0.798. The maximum Gasteiger partial charge on any atom is 0.0407 e. The van der Waals surface area contributed by atoms with Crippen LogP contribution in [0.4, 0.5) is 5.69 Å². The molecule has 1 unspecified atom stereocenters. The molecular formula is C20H25ClN2. The second-order valence-electron chi connectivity index (χ2n) is 6.37. The average molecular weight is 329 g/mol. The van der Waals surface area contributed by atoms with Gasteiger partial charge < -0.3 is 4.90 Å².